The van der Waals surface area contributed by atoms with Crippen molar-refractivity contribution in [3.63, 3.8) is 0 Å². The van der Waals surface area contributed by atoms with E-state index in [4.69, 9.17) is 4.74 Å². The minimum atomic E-state index is 0.0272. The quantitative estimate of drug-likeness (QED) is 0.871. The van der Waals surface area contributed by atoms with Crippen LogP contribution in [0.2, 0.25) is 0 Å². The van der Waals surface area contributed by atoms with Crippen LogP contribution in [0.5, 0.6) is 0 Å². The minimum absolute atomic E-state index is 0.0272. The highest BCUT2D eigenvalue weighted by atomic mass is 16.5. The lowest BCUT2D eigenvalue weighted by Crippen LogP contribution is -2.39. The average molecular weight is 371 g/mol. The number of benzene rings is 1. The second-order valence-electron chi connectivity index (χ2n) is 7.65. The van der Waals surface area contributed by atoms with E-state index >= 15 is 0 Å². The third-order valence-electron chi connectivity index (χ3n) is 5.12. The van der Waals surface area contributed by atoms with Crippen LogP contribution in [0.4, 0.5) is 0 Å². The van der Waals surface area contributed by atoms with Crippen molar-refractivity contribution >= 4 is 16.8 Å². The molecule has 3 rings (SSSR count). The highest BCUT2D eigenvalue weighted by molar-refractivity contribution is 5.80. The molecule has 0 aliphatic carbocycles. The fraction of sp³-hybridized carbons (Fsp3) is 0.524. The van der Waals surface area contributed by atoms with E-state index < -0.39 is 0 Å². The molecular weight excluding hydrogens is 342 g/mol. The summed E-state index contributed by atoms with van der Waals surface area (Å²) < 4.78 is 5.66. The number of aromatic nitrogens is 1. The SMILES string of the molecule is Cc1[nH]c2ccccc2c(=O)c1CCC(=O)N1CCOC[C@@H](CN(C)C)C1. The first-order valence-electron chi connectivity index (χ1n) is 9.56. The largest absolute Gasteiger partial charge is 0.379 e. The molecule has 2 heterocycles. The van der Waals surface area contributed by atoms with Crippen molar-refractivity contribution < 1.29 is 9.53 Å². The molecule has 1 aromatic heterocycles. The van der Waals surface area contributed by atoms with Crippen molar-refractivity contribution in [3.8, 4) is 0 Å². The Hall–Kier alpha value is -2.18. The first kappa shape index (κ1) is 19.6. The van der Waals surface area contributed by atoms with Crippen LogP contribution < -0.4 is 5.43 Å². The minimum Gasteiger partial charge on any atom is -0.379 e. The molecule has 0 unspecified atom stereocenters. The summed E-state index contributed by atoms with van der Waals surface area (Å²) >= 11 is 0. The number of aryl methyl sites for hydroxylation is 1. The van der Waals surface area contributed by atoms with Gasteiger partial charge in [0.1, 0.15) is 0 Å². The van der Waals surface area contributed by atoms with Gasteiger partial charge in [-0.25, -0.2) is 0 Å². The number of hydrogen-bond donors (Lipinski definition) is 1. The third-order valence-corrected chi connectivity index (χ3v) is 5.12. The number of amides is 1. The maximum absolute atomic E-state index is 12.8. The average Bonchev–Trinajstić information content (AvgIpc) is 2.86. The second-order valence-corrected chi connectivity index (χ2v) is 7.65. The van der Waals surface area contributed by atoms with Gasteiger partial charge in [-0.1, -0.05) is 12.1 Å². The van der Waals surface area contributed by atoms with Gasteiger partial charge >= 0.3 is 0 Å². The van der Waals surface area contributed by atoms with Gasteiger partial charge in [0.2, 0.25) is 5.91 Å². The van der Waals surface area contributed by atoms with Gasteiger partial charge in [0, 0.05) is 54.1 Å². The Morgan fingerprint density at radius 2 is 2.11 bits per heavy atom. The molecule has 1 aromatic carbocycles. The maximum atomic E-state index is 12.8. The van der Waals surface area contributed by atoms with E-state index in [2.05, 4.69) is 9.88 Å². The standard InChI is InChI=1S/C21H29N3O3/c1-15-17(21(26)18-6-4-5-7-19(18)22-15)8-9-20(25)24-10-11-27-14-16(13-24)12-23(2)3/h4-7,16H,8-14H2,1-3H3,(H,22,26)/t16-/m0/s1. The monoisotopic (exact) mass is 371 g/mol. The molecule has 6 nitrogen and oxygen atoms in total. The third kappa shape index (κ3) is 4.76. The van der Waals surface area contributed by atoms with E-state index in [9.17, 15) is 9.59 Å². The first-order valence-corrected chi connectivity index (χ1v) is 9.56. The molecule has 27 heavy (non-hydrogen) atoms. The molecule has 0 saturated carbocycles. The summed E-state index contributed by atoms with van der Waals surface area (Å²) in [5.74, 6) is 0.411. The zero-order valence-electron chi connectivity index (χ0n) is 16.5. The van der Waals surface area contributed by atoms with E-state index in [-0.39, 0.29) is 11.3 Å². The van der Waals surface area contributed by atoms with Crippen LogP contribution in [-0.2, 0) is 16.0 Å². The van der Waals surface area contributed by atoms with Crippen molar-refractivity contribution in [1.82, 2.24) is 14.8 Å². The van der Waals surface area contributed by atoms with Gasteiger partial charge in [-0.05, 0) is 39.6 Å². The normalized spacial score (nSPS) is 18.1. The molecule has 2 aromatic rings. The zero-order valence-corrected chi connectivity index (χ0v) is 16.5. The number of pyridine rings is 1. The van der Waals surface area contributed by atoms with Crippen molar-refractivity contribution in [2.45, 2.75) is 19.8 Å². The van der Waals surface area contributed by atoms with E-state index in [0.717, 1.165) is 17.8 Å². The van der Waals surface area contributed by atoms with Crippen LogP contribution in [0.15, 0.2) is 29.1 Å². The Labute approximate surface area is 160 Å². The number of fused-ring (bicyclic) bond motifs is 1. The van der Waals surface area contributed by atoms with E-state index in [0.29, 0.717) is 56.0 Å². The molecule has 0 radical (unpaired) electrons. The van der Waals surface area contributed by atoms with Crippen LogP contribution in [0.25, 0.3) is 10.9 Å². The van der Waals surface area contributed by atoms with Gasteiger partial charge in [-0.3, -0.25) is 9.59 Å². The molecule has 1 amide bonds. The van der Waals surface area contributed by atoms with E-state index in [1.54, 1.807) is 0 Å². The van der Waals surface area contributed by atoms with Gasteiger partial charge in [0.05, 0.1) is 13.2 Å². The topological polar surface area (TPSA) is 65.6 Å². The van der Waals surface area contributed by atoms with Crippen LogP contribution >= 0.6 is 0 Å². The number of nitrogens with zero attached hydrogens (tertiary/aromatic N) is 2. The lowest BCUT2D eigenvalue weighted by molar-refractivity contribution is -0.131. The molecule has 1 saturated heterocycles. The highest BCUT2D eigenvalue weighted by Crippen LogP contribution is 2.14. The fourth-order valence-electron chi connectivity index (χ4n) is 3.83. The summed E-state index contributed by atoms with van der Waals surface area (Å²) in [7, 11) is 4.07. The smallest absolute Gasteiger partial charge is 0.222 e. The molecule has 0 spiro atoms. The maximum Gasteiger partial charge on any atom is 0.222 e. The number of rotatable bonds is 5. The van der Waals surface area contributed by atoms with Crippen molar-refractivity contribution in [3.05, 3.63) is 45.7 Å². The summed E-state index contributed by atoms with van der Waals surface area (Å²) in [6, 6.07) is 7.51. The molecule has 6 heteroatoms. The predicted molar refractivity (Wildman–Crippen MR) is 107 cm³/mol. The fourth-order valence-corrected chi connectivity index (χ4v) is 3.83. The van der Waals surface area contributed by atoms with Crippen molar-refractivity contribution in [2.24, 2.45) is 5.92 Å². The molecule has 1 aliphatic heterocycles. The number of aromatic amines is 1. The number of ether oxygens (including phenoxy) is 1. The van der Waals surface area contributed by atoms with Crippen molar-refractivity contribution in [2.75, 3.05) is 46.9 Å². The highest BCUT2D eigenvalue weighted by Gasteiger charge is 2.23. The number of carbonyl (C=O) groups excluding carboxylic acids is 1. The van der Waals surface area contributed by atoms with Crippen LogP contribution in [0.1, 0.15) is 17.7 Å². The molecular formula is C21H29N3O3. The first-order chi connectivity index (χ1) is 13.0. The Balaban J connectivity index is 1.70. The van der Waals surface area contributed by atoms with E-state index in [1.807, 2.05) is 50.2 Å². The van der Waals surface area contributed by atoms with Crippen LogP contribution in [-0.4, -0.2) is 67.6 Å². The predicted octanol–water partition coefficient (Wildman–Crippen LogP) is 1.81. The van der Waals surface area contributed by atoms with Gasteiger partial charge in [0.25, 0.3) is 0 Å². The lowest BCUT2D eigenvalue weighted by Gasteiger charge is -2.25. The van der Waals surface area contributed by atoms with Crippen molar-refractivity contribution in [1.29, 1.82) is 0 Å². The van der Waals surface area contributed by atoms with Gasteiger partial charge < -0.3 is 19.5 Å². The molecule has 146 valence electrons. The molecule has 0 bridgehead atoms. The van der Waals surface area contributed by atoms with Crippen LogP contribution in [0, 0.1) is 12.8 Å². The molecule has 1 fully saturated rings. The van der Waals surface area contributed by atoms with Gasteiger partial charge in [-0.15, -0.1) is 0 Å². The number of carbonyl (C=O) groups is 1. The summed E-state index contributed by atoms with van der Waals surface area (Å²) in [5.41, 5.74) is 2.42. The summed E-state index contributed by atoms with van der Waals surface area (Å²) in [4.78, 5) is 32.9. The summed E-state index contributed by atoms with van der Waals surface area (Å²) in [6.07, 6.45) is 0.803. The Kier molecular flexibility index (Phi) is 6.29. The zero-order chi connectivity index (χ0) is 19.4. The van der Waals surface area contributed by atoms with Gasteiger partial charge in [0.15, 0.2) is 5.43 Å². The number of nitrogens with one attached hydrogen (secondary N) is 1. The Morgan fingerprint density at radius 3 is 2.89 bits per heavy atom. The second kappa shape index (κ2) is 8.67. The lowest BCUT2D eigenvalue weighted by atomic mass is 10.0. The van der Waals surface area contributed by atoms with Crippen LogP contribution in [0.3, 0.4) is 0 Å². The molecule has 1 atom stereocenters. The molecule has 1 N–H and O–H groups in total. The number of hydrogen-bond acceptors (Lipinski definition) is 4. The summed E-state index contributed by atoms with van der Waals surface area (Å²) in [5, 5.41) is 0.680. The number of H-pyrrole nitrogens is 1. The summed E-state index contributed by atoms with van der Waals surface area (Å²) in [6.45, 7) is 5.39. The Bertz CT molecular complexity index is 859. The Morgan fingerprint density at radius 1 is 1.33 bits per heavy atom. The number of para-hydroxylation sites is 1. The van der Waals surface area contributed by atoms with Gasteiger partial charge in [-0.2, -0.15) is 0 Å². The van der Waals surface area contributed by atoms with E-state index in [1.165, 1.54) is 0 Å². The molecule has 1 aliphatic rings.